The number of carbonyl (C=O) groups is 3. The Hall–Kier alpha value is -4.57. The van der Waals surface area contributed by atoms with Gasteiger partial charge in [-0.1, -0.05) is 24.3 Å². The second-order valence-electron chi connectivity index (χ2n) is 8.31. The molecule has 3 aromatic carbocycles. The minimum absolute atomic E-state index is 0.0301. The molecule has 0 saturated carbocycles. The lowest BCUT2D eigenvalue weighted by atomic mass is 10.0. The molecule has 10 heteroatoms. The molecule has 0 aliphatic carbocycles. The van der Waals surface area contributed by atoms with E-state index in [9.17, 15) is 19.5 Å². The molecule has 0 spiro atoms. The zero-order valence-corrected chi connectivity index (χ0v) is 21.4. The number of aromatic hydroxyl groups is 1. The van der Waals surface area contributed by atoms with E-state index in [1.807, 2.05) is 6.07 Å². The molecule has 200 valence electrons. The van der Waals surface area contributed by atoms with E-state index in [1.165, 1.54) is 33.5 Å². The van der Waals surface area contributed by atoms with Gasteiger partial charge in [-0.05, 0) is 59.5 Å². The zero-order valence-electron chi connectivity index (χ0n) is 21.4. The molecule has 0 radical (unpaired) electrons. The van der Waals surface area contributed by atoms with Crippen LogP contribution in [-0.2, 0) is 20.9 Å². The maximum absolute atomic E-state index is 12.9. The Morgan fingerprint density at radius 1 is 0.895 bits per heavy atom. The molecular weight excluding hydrogens is 492 g/mol. The van der Waals surface area contributed by atoms with Crippen molar-refractivity contribution in [3.05, 3.63) is 71.8 Å². The molecule has 0 aliphatic rings. The fraction of sp³-hybridized carbons (Fsp3) is 0.250. The lowest BCUT2D eigenvalue weighted by molar-refractivity contribution is -0.140. The van der Waals surface area contributed by atoms with Crippen molar-refractivity contribution in [2.45, 2.75) is 25.4 Å². The highest BCUT2D eigenvalue weighted by Crippen LogP contribution is 2.38. The summed E-state index contributed by atoms with van der Waals surface area (Å²) in [6, 6.07) is 15.5. The average Bonchev–Trinajstić information content (AvgIpc) is 2.92. The molecule has 10 nitrogen and oxygen atoms in total. The highest BCUT2D eigenvalue weighted by atomic mass is 16.6. The normalized spacial score (nSPS) is 11.3. The van der Waals surface area contributed by atoms with Gasteiger partial charge in [0.05, 0.1) is 26.9 Å². The number of carbonyl (C=O) groups excluding carboxylic acids is 3. The third-order valence-electron chi connectivity index (χ3n) is 5.73. The lowest BCUT2D eigenvalue weighted by Gasteiger charge is -2.18. The molecule has 0 unspecified atom stereocenters. The van der Waals surface area contributed by atoms with Gasteiger partial charge in [0, 0.05) is 13.0 Å². The van der Waals surface area contributed by atoms with Crippen LogP contribution in [0.1, 0.15) is 28.8 Å². The third kappa shape index (κ3) is 7.23. The molecule has 1 amide bonds. The highest BCUT2D eigenvalue weighted by molar-refractivity contribution is 5.98. The third-order valence-corrected chi connectivity index (χ3v) is 5.73. The monoisotopic (exact) mass is 522 g/mol. The molecule has 0 heterocycles. The van der Waals surface area contributed by atoms with Gasteiger partial charge in [0.25, 0.3) is 0 Å². The van der Waals surface area contributed by atoms with Crippen LogP contribution in [0.25, 0.3) is 11.1 Å². The van der Waals surface area contributed by atoms with Crippen LogP contribution in [0.15, 0.2) is 60.7 Å². The Labute approximate surface area is 220 Å². The van der Waals surface area contributed by atoms with Crippen LogP contribution in [-0.4, -0.2) is 50.3 Å². The number of esters is 2. The van der Waals surface area contributed by atoms with E-state index >= 15 is 0 Å². The molecule has 3 rings (SSSR count). The number of ether oxygens (including phenoxy) is 4. The molecule has 0 bridgehead atoms. The Kier molecular flexibility index (Phi) is 9.66. The van der Waals surface area contributed by atoms with Crippen molar-refractivity contribution in [2.75, 3.05) is 21.3 Å². The fourth-order valence-corrected chi connectivity index (χ4v) is 3.77. The first-order valence-corrected chi connectivity index (χ1v) is 11.7. The summed E-state index contributed by atoms with van der Waals surface area (Å²) >= 11 is 0. The molecule has 0 aromatic heterocycles. The molecule has 0 saturated heterocycles. The second-order valence-corrected chi connectivity index (χ2v) is 8.31. The summed E-state index contributed by atoms with van der Waals surface area (Å²) in [5.41, 5.74) is 7.68. The van der Waals surface area contributed by atoms with Crippen molar-refractivity contribution in [1.29, 1.82) is 0 Å². The van der Waals surface area contributed by atoms with Crippen molar-refractivity contribution in [2.24, 2.45) is 5.73 Å². The fourth-order valence-electron chi connectivity index (χ4n) is 3.77. The standard InChI is InChI=1S/C28H30N2O8/c1-35-23-13-17(14-24(36-2)26(23)37-3)16-30-22(11-12-25(29)32)28(34)38-27(33)19-9-7-18(8-10-19)20-5-4-6-21(31)15-20/h4-10,13-15,22,30-31H,11-12,16H2,1-3H3,(H2,29,32)/t22-/m0/s1. The number of methoxy groups -OCH3 is 3. The maximum Gasteiger partial charge on any atom is 0.345 e. The predicted molar refractivity (Wildman–Crippen MR) is 139 cm³/mol. The van der Waals surface area contributed by atoms with Crippen molar-refractivity contribution in [3.8, 4) is 34.1 Å². The maximum atomic E-state index is 12.9. The van der Waals surface area contributed by atoms with Crippen LogP contribution >= 0.6 is 0 Å². The van der Waals surface area contributed by atoms with Crippen molar-refractivity contribution in [1.82, 2.24) is 5.32 Å². The van der Waals surface area contributed by atoms with E-state index in [-0.39, 0.29) is 30.7 Å². The highest BCUT2D eigenvalue weighted by Gasteiger charge is 2.24. The van der Waals surface area contributed by atoms with Gasteiger partial charge < -0.3 is 35.1 Å². The smallest absolute Gasteiger partial charge is 0.345 e. The van der Waals surface area contributed by atoms with Crippen molar-refractivity contribution in [3.63, 3.8) is 0 Å². The lowest BCUT2D eigenvalue weighted by Crippen LogP contribution is -2.39. The Morgan fingerprint density at radius 3 is 2.11 bits per heavy atom. The second kappa shape index (κ2) is 13.1. The number of amides is 1. The van der Waals surface area contributed by atoms with E-state index < -0.39 is 23.9 Å². The molecule has 4 N–H and O–H groups in total. The Morgan fingerprint density at radius 2 is 1.55 bits per heavy atom. The largest absolute Gasteiger partial charge is 0.508 e. The molecule has 38 heavy (non-hydrogen) atoms. The summed E-state index contributed by atoms with van der Waals surface area (Å²) in [4.78, 5) is 36.9. The van der Waals surface area contributed by atoms with Crippen LogP contribution in [0.3, 0.4) is 0 Å². The molecular formula is C28H30N2O8. The Balaban J connectivity index is 1.71. The zero-order chi connectivity index (χ0) is 27.7. The number of primary amides is 1. The van der Waals surface area contributed by atoms with Gasteiger partial charge in [0.2, 0.25) is 11.7 Å². The first-order chi connectivity index (χ1) is 18.2. The topological polar surface area (TPSA) is 146 Å². The van der Waals surface area contributed by atoms with Gasteiger partial charge in [0.15, 0.2) is 11.5 Å². The number of hydrogen-bond donors (Lipinski definition) is 3. The molecule has 0 fully saturated rings. The minimum atomic E-state index is -0.989. The SMILES string of the molecule is COc1cc(CN[C@@H](CCC(N)=O)C(=O)OC(=O)c2ccc(-c3cccc(O)c3)cc2)cc(OC)c1OC. The average molecular weight is 523 g/mol. The molecule has 0 aliphatic heterocycles. The summed E-state index contributed by atoms with van der Waals surface area (Å²) < 4.78 is 21.1. The summed E-state index contributed by atoms with van der Waals surface area (Å²) in [7, 11) is 4.47. The van der Waals surface area contributed by atoms with Gasteiger partial charge in [-0.15, -0.1) is 0 Å². The number of benzene rings is 3. The number of phenolic OH excluding ortho intramolecular Hbond substituents is 1. The predicted octanol–water partition coefficient (Wildman–Crippen LogP) is 3.19. The number of phenols is 1. The minimum Gasteiger partial charge on any atom is -0.508 e. The van der Waals surface area contributed by atoms with Crippen LogP contribution in [0, 0.1) is 0 Å². The number of rotatable bonds is 12. The summed E-state index contributed by atoms with van der Waals surface area (Å²) in [6.07, 6.45) is -0.0584. The van der Waals surface area contributed by atoms with Crippen LogP contribution in [0.4, 0.5) is 0 Å². The number of nitrogens with one attached hydrogen (secondary N) is 1. The summed E-state index contributed by atoms with van der Waals surface area (Å²) in [5, 5.41) is 12.7. The van der Waals surface area contributed by atoms with Gasteiger partial charge in [-0.3, -0.25) is 4.79 Å². The molecule has 1 atom stereocenters. The summed E-state index contributed by atoms with van der Waals surface area (Å²) in [5.74, 6) is -0.863. The van der Waals surface area contributed by atoms with Gasteiger partial charge >= 0.3 is 11.9 Å². The van der Waals surface area contributed by atoms with E-state index in [2.05, 4.69) is 5.32 Å². The molecule has 3 aromatic rings. The van der Waals surface area contributed by atoms with Gasteiger partial charge in [0.1, 0.15) is 11.8 Å². The summed E-state index contributed by atoms with van der Waals surface area (Å²) in [6.45, 7) is 0.169. The van der Waals surface area contributed by atoms with Gasteiger partial charge in [-0.2, -0.15) is 0 Å². The Bertz CT molecular complexity index is 1270. The van der Waals surface area contributed by atoms with E-state index in [1.54, 1.807) is 42.5 Å². The van der Waals surface area contributed by atoms with E-state index in [4.69, 9.17) is 24.7 Å². The first-order valence-electron chi connectivity index (χ1n) is 11.7. The van der Waals surface area contributed by atoms with Crippen LogP contribution < -0.4 is 25.3 Å². The number of nitrogens with two attached hydrogens (primary N) is 1. The van der Waals surface area contributed by atoms with Crippen molar-refractivity contribution < 1.29 is 38.4 Å². The number of hydrogen-bond acceptors (Lipinski definition) is 9. The van der Waals surface area contributed by atoms with E-state index in [0.29, 0.717) is 22.8 Å². The van der Waals surface area contributed by atoms with Gasteiger partial charge in [-0.25, -0.2) is 9.59 Å². The first kappa shape index (κ1) is 28.0. The van der Waals surface area contributed by atoms with Crippen LogP contribution in [0.2, 0.25) is 0 Å². The van der Waals surface area contributed by atoms with E-state index in [0.717, 1.165) is 11.1 Å². The van der Waals surface area contributed by atoms with Crippen molar-refractivity contribution >= 4 is 17.8 Å². The quantitative estimate of drug-likeness (QED) is 0.241. The van der Waals surface area contributed by atoms with Crippen LogP contribution in [0.5, 0.6) is 23.0 Å².